The highest BCUT2D eigenvalue weighted by atomic mass is 32.2. The molecule has 2 aromatic heterocycles. The molecule has 0 spiro atoms. The zero-order valence-corrected chi connectivity index (χ0v) is 22.6. The van der Waals surface area contributed by atoms with Gasteiger partial charge in [-0.1, -0.05) is 66.4 Å². The highest BCUT2D eigenvalue weighted by molar-refractivity contribution is 8.00. The molecule has 0 radical (unpaired) electrons. The molecule has 0 saturated heterocycles. The first kappa shape index (κ1) is 26.1. The molecule has 1 unspecified atom stereocenters. The third kappa shape index (κ3) is 5.22. The van der Waals surface area contributed by atoms with E-state index in [2.05, 4.69) is 10.2 Å². The Kier molecular flexibility index (Phi) is 7.87. The summed E-state index contributed by atoms with van der Waals surface area (Å²) in [6, 6.07) is 16.1. The van der Waals surface area contributed by atoms with Gasteiger partial charge in [0.05, 0.1) is 23.1 Å². The fraction of sp³-hybridized carbons (Fsp3) is 0.185. The van der Waals surface area contributed by atoms with Crippen molar-refractivity contribution in [3.63, 3.8) is 0 Å². The van der Waals surface area contributed by atoms with Crippen LogP contribution in [0.3, 0.4) is 0 Å². The van der Waals surface area contributed by atoms with Crippen LogP contribution in [0.1, 0.15) is 40.2 Å². The summed E-state index contributed by atoms with van der Waals surface area (Å²) in [6.45, 7) is 2.51. The fourth-order valence-corrected chi connectivity index (χ4v) is 6.53. The molecule has 5 rings (SSSR count). The number of aromatic nitrogens is 2. The van der Waals surface area contributed by atoms with Gasteiger partial charge in [0.25, 0.3) is 5.91 Å². The van der Waals surface area contributed by atoms with Gasteiger partial charge in [-0.05, 0) is 47.2 Å². The van der Waals surface area contributed by atoms with Gasteiger partial charge in [0, 0.05) is 5.75 Å². The molecule has 1 aliphatic heterocycles. The number of aliphatic hydroxyl groups is 1. The summed E-state index contributed by atoms with van der Waals surface area (Å²) in [5.41, 5.74) is 1.09. The van der Waals surface area contributed by atoms with Crippen molar-refractivity contribution in [2.24, 2.45) is 0 Å². The Hall–Kier alpha value is -3.54. The number of aliphatic hydroxyl groups excluding tert-OH is 1. The van der Waals surface area contributed by atoms with Crippen LogP contribution < -0.4 is 9.64 Å². The molecule has 0 fully saturated rings. The highest BCUT2D eigenvalue weighted by Gasteiger charge is 2.46. The maximum absolute atomic E-state index is 14.0. The molecule has 1 amide bonds. The van der Waals surface area contributed by atoms with Crippen molar-refractivity contribution in [3.05, 3.63) is 99.2 Å². The summed E-state index contributed by atoms with van der Waals surface area (Å²) in [4.78, 5) is 28.6. The number of carbonyl (C=O) groups is 2. The van der Waals surface area contributed by atoms with E-state index in [4.69, 9.17) is 4.74 Å². The van der Waals surface area contributed by atoms with Gasteiger partial charge in [0.2, 0.25) is 10.9 Å². The predicted molar refractivity (Wildman–Crippen MR) is 147 cm³/mol. The molecule has 0 aliphatic carbocycles. The molecule has 1 atom stereocenters. The second-order valence-corrected chi connectivity index (χ2v) is 11.4. The first-order chi connectivity index (χ1) is 18.5. The number of Topliss-reactive ketones (excluding diaryl/α,β-unsaturated/α-hetero) is 1. The summed E-state index contributed by atoms with van der Waals surface area (Å²) in [7, 11) is 0. The molecule has 3 heterocycles. The number of hydrogen-bond acceptors (Lipinski definition) is 9. The van der Waals surface area contributed by atoms with Gasteiger partial charge in [0.1, 0.15) is 11.6 Å². The van der Waals surface area contributed by atoms with Gasteiger partial charge in [-0.25, -0.2) is 4.39 Å². The Morgan fingerprint density at radius 3 is 2.76 bits per heavy atom. The minimum Gasteiger partial charge on any atom is -0.503 e. The Morgan fingerprint density at radius 2 is 2.00 bits per heavy atom. The molecule has 7 nitrogen and oxygen atoms in total. The summed E-state index contributed by atoms with van der Waals surface area (Å²) in [5, 5.41) is 21.3. The van der Waals surface area contributed by atoms with Crippen LogP contribution in [-0.4, -0.2) is 33.6 Å². The first-order valence-electron chi connectivity index (χ1n) is 11.7. The van der Waals surface area contributed by atoms with E-state index < -0.39 is 23.5 Å². The number of rotatable bonds is 10. The first-order valence-corrected chi connectivity index (χ1v) is 14.4. The predicted octanol–water partition coefficient (Wildman–Crippen LogP) is 6.60. The fourth-order valence-electron chi connectivity index (χ4n) is 4.00. The summed E-state index contributed by atoms with van der Waals surface area (Å²) in [5.74, 6) is -1.18. The third-order valence-electron chi connectivity index (χ3n) is 5.76. The number of anilines is 1. The van der Waals surface area contributed by atoms with Gasteiger partial charge in [-0.2, -0.15) is 0 Å². The minimum atomic E-state index is -0.931. The van der Waals surface area contributed by atoms with Gasteiger partial charge < -0.3 is 9.84 Å². The number of amides is 1. The summed E-state index contributed by atoms with van der Waals surface area (Å²) < 4.78 is 20.4. The SMILES string of the molecule is CCCOc1cccc(C2C(C(=O)c3cccs3)=C(O)C(=O)N2c2nnc(SCc3ccccc3F)s2)c1. The molecule has 194 valence electrons. The lowest BCUT2D eigenvalue weighted by Gasteiger charge is -2.24. The van der Waals surface area contributed by atoms with E-state index in [-0.39, 0.29) is 16.5 Å². The maximum atomic E-state index is 14.0. The Balaban J connectivity index is 1.50. The van der Waals surface area contributed by atoms with Crippen molar-refractivity contribution >= 4 is 51.3 Å². The zero-order chi connectivity index (χ0) is 26.6. The number of ether oxygens (including phenoxy) is 1. The van der Waals surface area contributed by atoms with Gasteiger partial charge in [0.15, 0.2) is 10.1 Å². The Labute approximate surface area is 230 Å². The van der Waals surface area contributed by atoms with E-state index in [1.807, 2.05) is 6.92 Å². The van der Waals surface area contributed by atoms with Crippen molar-refractivity contribution in [2.75, 3.05) is 11.5 Å². The molecule has 11 heteroatoms. The van der Waals surface area contributed by atoms with Crippen LogP contribution in [0.4, 0.5) is 9.52 Å². The highest BCUT2D eigenvalue weighted by Crippen LogP contribution is 2.44. The van der Waals surface area contributed by atoms with Crippen LogP contribution in [0.2, 0.25) is 0 Å². The Morgan fingerprint density at radius 1 is 1.16 bits per heavy atom. The van der Waals surface area contributed by atoms with Crippen molar-refractivity contribution in [3.8, 4) is 5.75 Å². The second-order valence-electron chi connectivity index (χ2n) is 8.30. The van der Waals surface area contributed by atoms with E-state index in [1.54, 1.807) is 60.0 Å². The molecule has 2 aromatic carbocycles. The smallest absolute Gasteiger partial charge is 0.296 e. The quantitative estimate of drug-likeness (QED) is 0.131. The molecule has 0 bridgehead atoms. The monoisotopic (exact) mass is 567 g/mol. The normalized spacial score (nSPS) is 15.4. The average Bonchev–Trinajstić information content (AvgIpc) is 3.68. The van der Waals surface area contributed by atoms with Crippen LogP contribution in [0, 0.1) is 5.82 Å². The van der Waals surface area contributed by atoms with Crippen molar-refractivity contribution in [2.45, 2.75) is 29.5 Å². The number of benzene rings is 2. The summed E-state index contributed by atoms with van der Waals surface area (Å²) in [6.07, 6.45) is 0.819. The minimum absolute atomic E-state index is 0.0270. The van der Waals surface area contributed by atoms with Crippen molar-refractivity contribution in [1.82, 2.24) is 10.2 Å². The molecule has 1 N–H and O–H groups in total. The molecule has 4 aromatic rings. The number of halogens is 1. The number of thioether (sulfide) groups is 1. The lowest BCUT2D eigenvalue weighted by molar-refractivity contribution is -0.117. The molecule has 1 aliphatic rings. The number of carbonyl (C=O) groups excluding carboxylic acids is 2. The standard InChI is InChI=1S/C27H22FN3O4S3/c1-2-12-35-18-9-5-8-16(14-18)22-21(23(32)20-11-6-13-36-20)24(33)25(34)31(22)26-29-30-27(38-26)37-15-17-7-3-4-10-19(17)28/h3-11,13-14,22,33H,2,12,15H2,1H3. The lowest BCUT2D eigenvalue weighted by Crippen LogP contribution is -2.31. The third-order valence-corrected chi connectivity index (χ3v) is 8.73. The number of thiophene rings is 1. The van der Waals surface area contributed by atoms with E-state index in [9.17, 15) is 19.1 Å². The number of ketones is 1. The van der Waals surface area contributed by atoms with Gasteiger partial charge >= 0.3 is 0 Å². The van der Waals surface area contributed by atoms with E-state index >= 15 is 0 Å². The van der Waals surface area contributed by atoms with Crippen LogP contribution >= 0.6 is 34.4 Å². The van der Waals surface area contributed by atoms with Gasteiger partial charge in [-0.3, -0.25) is 14.5 Å². The van der Waals surface area contributed by atoms with Crippen molar-refractivity contribution in [1.29, 1.82) is 0 Å². The van der Waals surface area contributed by atoms with Crippen LogP contribution in [0.25, 0.3) is 0 Å². The lowest BCUT2D eigenvalue weighted by atomic mass is 9.95. The molecule has 0 saturated carbocycles. The molecule has 38 heavy (non-hydrogen) atoms. The largest absolute Gasteiger partial charge is 0.503 e. The topological polar surface area (TPSA) is 92.6 Å². The Bertz CT molecular complexity index is 1500. The van der Waals surface area contributed by atoms with E-state index in [0.29, 0.717) is 38.5 Å². The average molecular weight is 568 g/mol. The second kappa shape index (κ2) is 11.5. The van der Waals surface area contributed by atoms with Crippen LogP contribution in [0.5, 0.6) is 5.75 Å². The van der Waals surface area contributed by atoms with Crippen LogP contribution in [0.15, 0.2) is 81.7 Å². The number of nitrogens with zero attached hydrogens (tertiary/aromatic N) is 3. The summed E-state index contributed by atoms with van der Waals surface area (Å²) >= 11 is 3.65. The molecular weight excluding hydrogens is 546 g/mol. The van der Waals surface area contributed by atoms with Crippen molar-refractivity contribution < 1.29 is 23.8 Å². The number of hydrogen-bond donors (Lipinski definition) is 1. The molecular formula is C27H22FN3O4S3. The van der Waals surface area contributed by atoms with E-state index in [0.717, 1.165) is 17.8 Å². The maximum Gasteiger partial charge on any atom is 0.296 e. The van der Waals surface area contributed by atoms with Crippen LogP contribution in [-0.2, 0) is 10.5 Å². The zero-order valence-electron chi connectivity index (χ0n) is 20.2. The van der Waals surface area contributed by atoms with Gasteiger partial charge in [-0.15, -0.1) is 21.5 Å². The van der Waals surface area contributed by atoms with E-state index in [1.165, 1.54) is 34.1 Å².